The van der Waals surface area contributed by atoms with Gasteiger partial charge >= 0.3 is 12.1 Å². The lowest BCUT2D eigenvalue weighted by molar-refractivity contribution is -0.139. The number of nitrogens with one attached hydrogen (secondary N) is 1. The van der Waals surface area contributed by atoms with Crippen molar-refractivity contribution in [2.45, 2.75) is 38.8 Å². The maximum absolute atomic E-state index is 11.9. The fourth-order valence-corrected chi connectivity index (χ4v) is 3.30. The monoisotopic (exact) mass is 428 g/mol. The second-order valence-electron chi connectivity index (χ2n) is 7.13. The molecule has 1 fully saturated rings. The number of carbonyl (C=O) groups is 2. The van der Waals surface area contributed by atoms with Crippen molar-refractivity contribution in [3.8, 4) is 0 Å². The van der Waals surface area contributed by atoms with E-state index in [9.17, 15) is 14.7 Å². The number of anilines is 1. The first-order valence-electron chi connectivity index (χ1n) is 8.49. The van der Waals surface area contributed by atoms with Gasteiger partial charge in [-0.1, -0.05) is 6.07 Å². The Morgan fingerprint density at radius 1 is 1.35 bits per heavy atom. The number of carboxylic acid groups (broad SMARTS) is 1. The highest BCUT2D eigenvalue weighted by Gasteiger charge is 2.24. The molecule has 1 unspecified atom stereocenters. The number of halogens is 1. The Morgan fingerprint density at radius 3 is 2.54 bits per heavy atom. The van der Waals surface area contributed by atoms with Gasteiger partial charge in [-0.2, -0.15) is 0 Å². The van der Waals surface area contributed by atoms with Gasteiger partial charge in [0, 0.05) is 24.0 Å². The molecule has 1 heterocycles. The molecular formula is C18H25BrN2O5. The van der Waals surface area contributed by atoms with Gasteiger partial charge in [-0.05, 0) is 54.4 Å². The lowest BCUT2D eigenvalue weighted by Gasteiger charge is -2.30. The minimum Gasteiger partial charge on any atom is -0.480 e. The van der Waals surface area contributed by atoms with Crippen molar-refractivity contribution in [3.05, 3.63) is 28.2 Å². The first kappa shape index (κ1) is 20.5. The minimum absolute atomic E-state index is 0.163. The number of alkyl carbamates (subject to hydrolysis) is 1. The molecule has 1 atom stereocenters. The van der Waals surface area contributed by atoms with Crippen LogP contribution in [0.1, 0.15) is 26.3 Å². The molecular weight excluding hydrogens is 404 g/mol. The molecule has 1 aromatic carbocycles. The lowest BCUT2D eigenvalue weighted by atomic mass is 10.1. The second kappa shape index (κ2) is 8.73. The van der Waals surface area contributed by atoms with E-state index in [2.05, 4.69) is 26.1 Å². The maximum atomic E-state index is 11.9. The number of hydrogen-bond donors (Lipinski definition) is 2. The summed E-state index contributed by atoms with van der Waals surface area (Å²) in [5.74, 6) is -1.11. The molecule has 1 saturated heterocycles. The zero-order valence-electron chi connectivity index (χ0n) is 15.3. The molecule has 1 aliphatic heterocycles. The van der Waals surface area contributed by atoms with Crippen LogP contribution in [0.5, 0.6) is 0 Å². The maximum Gasteiger partial charge on any atom is 0.408 e. The molecule has 0 aromatic heterocycles. The normalized spacial score (nSPS) is 16.1. The fourth-order valence-electron chi connectivity index (χ4n) is 2.62. The van der Waals surface area contributed by atoms with Crippen LogP contribution < -0.4 is 10.2 Å². The van der Waals surface area contributed by atoms with Gasteiger partial charge in [0.2, 0.25) is 0 Å². The molecule has 0 radical (unpaired) electrons. The van der Waals surface area contributed by atoms with Crippen molar-refractivity contribution in [2.75, 3.05) is 31.2 Å². The van der Waals surface area contributed by atoms with Gasteiger partial charge in [0.15, 0.2) is 0 Å². The van der Waals surface area contributed by atoms with Crippen molar-refractivity contribution in [1.29, 1.82) is 0 Å². The van der Waals surface area contributed by atoms with Gasteiger partial charge < -0.3 is 24.8 Å². The Balaban J connectivity index is 2.05. The smallest absolute Gasteiger partial charge is 0.408 e. The summed E-state index contributed by atoms with van der Waals surface area (Å²) in [7, 11) is 0. The topological polar surface area (TPSA) is 88.1 Å². The molecule has 1 amide bonds. The van der Waals surface area contributed by atoms with Gasteiger partial charge in [-0.3, -0.25) is 0 Å². The third-order valence-electron chi connectivity index (χ3n) is 3.79. The van der Waals surface area contributed by atoms with Crippen LogP contribution in [0.2, 0.25) is 0 Å². The summed E-state index contributed by atoms with van der Waals surface area (Å²) in [6.07, 6.45) is -0.578. The summed E-state index contributed by atoms with van der Waals surface area (Å²) in [5.41, 5.74) is 1.16. The molecule has 0 saturated carbocycles. The molecule has 0 bridgehead atoms. The van der Waals surface area contributed by atoms with Gasteiger partial charge in [0.05, 0.1) is 18.9 Å². The van der Waals surface area contributed by atoms with E-state index in [-0.39, 0.29) is 6.42 Å². The Morgan fingerprint density at radius 2 is 2.00 bits per heavy atom. The van der Waals surface area contributed by atoms with E-state index < -0.39 is 23.7 Å². The summed E-state index contributed by atoms with van der Waals surface area (Å²) in [6.45, 7) is 8.19. The van der Waals surface area contributed by atoms with Crippen LogP contribution in [0.15, 0.2) is 22.7 Å². The molecule has 0 spiro atoms. The number of carboxylic acids is 1. The van der Waals surface area contributed by atoms with Crippen LogP contribution >= 0.6 is 15.9 Å². The minimum atomic E-state index is -1.11. The predicted molar refractivity (Wildman–Crippen MR) is 102 cm³/mol. The highest BCUT2D eigenvalue weighted by atomic mass is 79.9. The number of hydrogen-bond acceptors (Lipinski definition) is 5. The molecule has 0 aliphatic carbocycles. The Kier molecular flexibility index (Phi) is 6.88. The average Bonchev–Trinajstić information content (AvgIpc) is 2.53. The lowest BCUT2D eigenvalue weighted by Crippen LogP contribution is -2.44. The van der Waals surface area contributed by atoms with Crippen molar-refractivity contribution < 1.29 is 24.2 Å². The molecule has 2 N–H and O–H groups in total. The van der Waals surface area contributed by atoms with Crippen LogP contribution in [-0.4, -0.2) is 55.1 Å². The number of aliphatic carboxylic acids is 1. The number of rotatable bonds is 5. The Bertz CT molecular complexity index is 653. The molecule has 144 valence electrons. The molecule has 8 heteroatoms. The third kappa shape index (κ3) is 6.17. The van der Waals surface area contributed by atoms with Crippen LogP contribution in [0, 0.1) is 0 Å². The Labute approximate surface area is 161 Å². The first-order valence-corrected chi connectivity index (χ1v) is 9.28. The van der Waals surface area contributed by atoms with Crippen molar-refractivity contribution >= 4 is 33.7 Å². The van der Waals surface area contributed by atoms with E-state index in [0.29, 0.717) is 13.2 Å². The molecule has 2 rings (SSSR count). The van der Waals surface area contributed by atoms with Crippen LogP contribution in [-0.2, 0) is 20.7 Å². The highest BCUT2D eigenvalue weighted by Crippen LogP contribution is 2.28. The number of amides is 1. The van der Waals surface area contributed by atoms with Crippen molar-refractivity contribution in [1.82, 2.24) is 5.32 Å². The number of nitrogens with zero attached hydrogens (tertiary/aromatic N) is 1. The number of carbonyl (C=O) groups excluding carboxylic acids is 1. The summed E-state index contributed by atoms with van der Waals surface area (Å²) < 4.78 is 11.4. The zero-order chi connectivity index (χ0) is 19.3. The van der Waals surface area contributed by atoms with Gasteiger partial charge in [0.25, 0.3) is 0 Å². The van der Waals surface area contributed by atoms with Crippen molar-refractivity contribution in [2.24, 2.45) is 0 Å². The first-order chi connectivity index (χ1) is 12.2. The highest BCUT2D eigenvalue weighted by molar-refractivity contribution is 9.10. The van der Waals surface area contributed by atoms with E-state index in [4.69, 9.17) is 9.47 Å². The number of morpholine rings is 1. The van der Waals surface area contributed by atoms with Gasteiger partial charge in [-0.15, -0.1) is 0 Å². The van der Waals surface area contributed by atoms with Crippen LogP contribution in [0.4, 0.5) is 10.5 Å². The Hall–Kier alpha value is -1.80. The van der Waals surface area contributed by atoms with E-state index in [0.717, 1.165) is 28.8 Å². The third-order valence-corrected chi connectivity index (χ3v) is 4.43. The number of ether oxygens (including phenoxy) is 2. The van der Waals surface area contributed by atoms with E-state index >= 15 is 0 Å². The SMILES string of the molecule is CC(C)(C)OC(=O)NC(Cc1ccc(N2CCOCC2)c(Br)c1)C(=O)O. The summed E-state index contributed by atoms with van der Waals surface area (Å²) in [4.78, 5) is 25.6. The van der Waals surface area contributed by atoms with E-state index in [1.165, 1.54) is 0 Å². The predicted octanol–water partition coefficient (Wildman–Crippen LogP) is 2.81. The van der Waals surface area contributed by atoms with E-state index in [1.807, 2.05) is 18.2 Å². The molecule has 7 nitrogen and oxygen atoms in total. The standard InChI is InChI=1S/C18H25BrN2O5/c1-18(2,3)26-17(24)20-14(16(22)23)11-12-4-5-15(13(19)10-12)21-6-8-25-9-7-21/h4-5,10,14H,6-9,11H2,1-3H3,(H,20,24)(H,22,23). The van der Waals surface area contributed by atoms with E-state index in [1.54, 1.807) is 20.8 Å². The zero-order valence-corrected chi connectivity index (χ0v) is 16.8. The van der Waals surface area contributed by atoms with Crippen LogP contribution in [0.3, 0.4) is 0 Å². The molecule has 1 aromatic rings. The summed E-state index contributed by atoms with van der Waals surface area (Å²) in [6, 6.07) is 4.66. The van der Waals surface area contributed by atoms with Crippen LogP contribution in [0.25, 0.3) is 0 Å². The quantitative estimate of drug-likeness (QED) is 0.749. The fraction of sp³-hybridized carbons (Fsp3) is 0.556. The average molecular weight is 429 g/mol. The summed E-state index contributed by atoms with van der Waals surface area (Å²) in [5, 5.41) is 11.8. The van der Waals surface area contributed by atoms with Gasteiger partial charge in [-0.25, -0.2) is 9.59 Å². The second-order valence-corrected chi connectivity index (χ2v) is 7.98. The largest absolute Gasteiger partial charge is 0.480 e. The summed E-state index contributed by atoms with van der Waals surface area (Å²) >= 11 is 3.56. The van der Waals surface area contributed by atoms with Crippen molar-refractivity contribution in [3.63, 3.8) is 0 Å². The molecule has 1 aliphatic rings. The molecule has 26 heavy (non-hydrogen) atoms. The number of benzene rings is 1. The van der Waals surface area contributed by atoms with Gasteiger partial charge in [0.1, 0.15) is 11.6 Å².